The molecule has 7 heteroatoms. The van der Waals surface area contributed by atoms with Gasteiger partial charge in [-0.2, -0.15) is 10.1 Å². The molecule has 0 saturated carbocycles. The topological polar surface area (TPSA) is 66.4 Å². The Morgan fingerprint density at radius 2 is 1.83 bits per heavy atom. The molecule has 3 rings (SSSR count). The van der Waals surface area contributed by atoms with Crippen molar-refractivity contribution in [3.63, 3.8) is 0 Å². The molecule has 0 aliphatic carbocycles. The lowest BCUT2D eigenvalue weighted by Gasteiger charge is -2.36. The Morgan fingerprint density at radius 3 is 2.57 bits per heavy atom. The van der Waals surface area contributed by atoms with Crippen LogP contribution in [0.2, 0.25) is 0 Å². The van der Waals surface area contributed by atoms with E-state index in [0.29, 0.717) is 19.1 Å². The van der Waals surface area contributed by atoms with Crippen molar-refractivity contribution in [2.24, 2.45) is 0 Å². The van der Waals surface area contributed by atoms with Crippen molar-refractivity contribution in [1.82, 2.24) is 15.2 Å². The van der Waals surface area contributed by atoms with Crippen molar-refractivity contribution < 1.29 is 4.74 Å². The second-order valence-corrected chi connectivity index (χ2v) is 5.37. The molecule has 2 heterocycles. The second-order valence-electron chi connectivity index (χ2n) is 5.37. The fourth-order valence-corrected chi connectivity index (χ4v) is 2.62. The number of hydrogen-bond donors (Lipinski definition) is 1. The summed E-state index contributed by atoms with van der Waals surface area (Å²) in [5.74, 6) is 1.41. The Labute approximate surface area is 136 Å². The number of para-hydroxylation sites is 1. The van der Waals surface area contributed by atoms with Gasteiger partial charge in [-0.1, -0.05) is 18.2 Å². The van der Waals surface area contributed by atoms with Crippen molar-refractivity contribution >= 4 is 17.5 Å². The molecule has 1 N–H and O–H groups in total. The maximum atomic E-state index is 5.01. The van der Waals surface area contributed by atoms with E-state index in [9.17, 15) is 0 Å². The molecule has 2 aromatic rings. The van der Waals surface area contributed by atoms with Gasteiger partial charge < -0.3 is 19.9 Å². The number of nitrogens with zero attached hydrogens (tertiary/aromatic N) is 5. The largest absolute Gasteiger partial charge is 0.383 e. The summed E-state index contributed by atoms with van der Waals surface area (Å²) in [7, 11) is 1.67. The quantitative estimate of drug-likeness (QED) is 0.805. The van der Waals surface area contributed by atoms with E-state index in [1.165, 1.54) is 5.69 Å². The zero-order chi connectivity index (χ0) is 15.9. The van der Waals surface area contributed by atoms with Gasteiger partial charge in [-0.15, -0.1) is 5.10 Å². The van der Waals surface area contributed by atoms with Gasteiger partial charge in [-0.05, 0) is 12.1 Å². The van der Waals surface area contributed by atoms with Crippen molar-refractivity contribution in [3.05, 3.63) is 36.5 Å². The molecule has 0 bridgehead atoms. The molecule has 1 aromatic heterocycles. The van der Waals surface area contributed by atoms with Gasteiger partial charge in [0.1, 0.15) is 0 Å². The number of methoxy groups -OCH3 is 1. The van der Waals surface area contributed by atoms with Gasteiger partial charge in [0, 0.05) is 45.5 Å². The number of nitrogens with one attached hydrogen (secondary N) is 1. The fraction of sp³-hybridized carbons (Fsp3) is 0.438. The zero-order valence-corrected chi connectivity index (χ0v) is 13.4. The van der Waals surface area contributed by atoms with E-state index in [0.717, 1.165) is 32.0 Å². The van der Waals surface area contributed by atoms with Crippen LogP contribution in [0.3, 0.4) is 0 Å². The predicted octanol–water partition coefficient (Wildman–Crippen LogP) is 1.26. The molecule has 0 spiro atoms. The number of piperazine rings is 1. The average Bonchev–Trinajstić information content (AvgIpc) is 2.63. The Bertz CT molecular complexity index is 601. The van der Waals surface area contributed by atoms with Gasteiger partial charge in [0.2, 0.25) is 5.95 Å². The highest BCUT2D eigenvalue weighted by Gasteiger charge is 2.18. The maximum Gasteiger partial charge on any atom is 0.244 e. The number of hydrogen-bond acceptors (Lipinski definition) is 7. The van der Waals surface area contributed by atoms with Gasteiger partial charge in [-0.25, -0.2) is 0 Å². The summed E-state index contributed by atoms with van der Waals surface area (Å²) in [5.41, 5.74) is 1.27. The van der Waals surface area contributed by atoms with E-state index in [1.54, 1.807) is 13.3 Å². The summed E-state index contributed by atoms with van der Waals surface area (Å²) in [6.07, 6.45) is 1.72. The van der Waals surface area contributed by atoms with Crippen molar-refractivity contribution in [1.29, 1.82) is 0 Å². The third-order valence-electron chi connectivity index (χ3n) is 3.86. The third kappa shape index (κ3) is 4.07. The molecule has 1 aromatic carbocycles. The lowest BCUT2D eigenvalue weighted by Crippen LogP contribution is -2.46. The van der Waals surface area contributed by atoms with E-state index >= 15 is 0 Å². The van der Waals surface area contributed by atoms with Crippen molar-refractivity contribution in [2.75, 3.05) is 61.6 Å². The van der Waals surface area contributed by atoms with Crippen LogP contribution in [-0.4, -0.2) is 61.6 Å². The van der Waals surface area contributed by atoms with Crippen molar-refractivity contribution in [3.8, 4) is 0 Å². The fourth-order valence-electron chi connectivity index (χ4n) is 2.62. The van der Waals surface area contributed by atoms with Crippen LogP contribution >= 0.6 is 0 Å². The summed E-state index contributed by atoms with van der Waals surface area (Å²) in [6, 6.07) is 10.5. The minimum atomic E-state index is 0.546. The van der Waals surface area contributed by atoms with Crippen molar-refractivity contribution in [2.45, 2.75) is 0 Å². The summed E-state index contributed by atoms with van der Waals surface area (Å²) in [5, 5.41) is 11.2. The lowest BCUT2D eigenvalue weighted by atomic mass is 10.2. The Kier molecular flexibility index (Phi) is 5.21. The molecule has 0 atom stereocenters. The lowest BCUT2D eigenvalue weighted by molar-refractivity contribution is 0.210. The summed E-state index contributed by atoms with van der Waals surface area (Å²) in [6.45, 7) is 5.07. The van der Waals surface area contributed by atoms with Crippen LogP contribution in [0.1, 0.15) is 0 Å². The van der Waals surface area contributed by atoms with Gasteiger partial charge in [0.25, 0.3) is 0 Å². The monoisotopic (exact) mass is 314 g/mol. The Balaban J connectivity index is 1.58. The first-order valence-corrected chi connectivity index (χ1v) is 7.84. The van der Waals surface area contributed by atoms with Gasteiger partial charge in [0.05, 0.1) is 12.8 Å². The van der Waals surface area contributed by atoms with Gasteiger partial charge in [-0.3, -0.25) is 0 Å². The van der Waals surface area contributed by atoms with Gasteiger partial charge >= 0.3 is 0 Å². The molecule has 0 amide bonds. The number of anilines is 3. The highest BCUT2D eigenvalue weighted by Crippen LogP contribution is 2.18. The summed E-state index contributed by atoms with van der Waals surface area (Å²) < 4.78 is 5.01. The Morgan fingerprint density at radius 1 is 1.09 bits per heavy atom. The molecule has 23 heavy (non-hydrogen) atoms. The van der Waals surface area contributed by atoms with Gasteiger partial charge in [0.15, 0.2) is 5.82 Å². The van der Waals surface area contributed by atoms with Crippen LogP contribution in [0, 0.1) is 0 Å². The zero-order valence-electron chi connectivity index (χ0n) is 13.4. The molecule has 122 valence electrons. The standard InChI is InChI=1S/C16H22N6O/c1-23-12-7-17-16-19-15(13-18-20-16)22-10-8-21(9-11-22)14-5-3-2-4-6-14/h2-6,13H,7-12H2,1H3,(H,17,19,20). The average molecular weight is 314 g/mol. The first-order chi connectivity index (χ1) is 11.4. The molecule has 1 aliphatic rings. The number of ether oxygens (including phenoxy) is 1. The summed E-state index contributed by atoms with van der Waals surface area (Å²) in [4.78, 5) is 9.17. The van der Waals surface area contributed by atoms with Crippen LogP contribution in [0.4, 0.5) is 17.5 Å². The van der Waals surface area contributed by atoms with Crippen LogP contribution in [0.5, 0.6) is 0 Å². The van der Waals surface area contributed by atoms with Crippen LogP contribution < -0.4 is 15.1 Å². The first kappa shape index (κ1) is 15.5. The number of benzene rings is 1. The second kappa shape index (κ2) is 7.73. The molecular formula is C16H22N6O. The summed E-state index contributed by atoms with van der Waals surface area (Å²) >= 11 is 0. The van der Waals surface area contributed by atoms with E-state index in [-0.39, 0.29) is 0 Å². The molecule has 0 radical (unpaired) electrons. The molecular weight excluding hydrogens is 292 g/mol. The van der Waals surface area contributed by atoms with E-state index < -0.39 is 0 Å². The molecule has 0 unspecified atom stereocenters. The van der Waals surface area contributed by atoms with E-state index in [1.807, 2.05) is 6.07 Å². The minimum absolute atomic E-state index is 0.546. The van der Waals surface area contributed by atoms with E-state index in [4.69, 9.17) is 4.74 Å². The highest BCUT2D eigenvalue weighted by molar-refractivity contribution is 5.49. The van der Waals surface area contributed by atoms with Crippen LogP contribution in [0.15, 0.2) is 36.5 Å². The van der Waals surface area contributed by atoms with E-state index in [2.05, 4.69) is 54.6 Å². The molecule has 7 nitrogen and oxygen atoms in total. The maximum absolute atomic E-state index is 5.01. The minimum Gasteiger partial charge on any atom is -0.383 e. The smallest absolute Gasteiger partial charge is 0.244 e. The molecule has 1 aliphatic heterocycles. The number of aromatic nitrogens is 3. The van der Waals surface area contributed by atoms with Crippen LogP contribution in [0.25, 0.3) is 0 Å². The predicted molar refractivity (Wildman–Crippen MR) is 91.1 cm³/mol. The number of rotatable bonds is 6. The molecule has 1 fully saturated rings. The first-order valence-electron chi connectivity index (χ1n) is 7.84. The third-order valence-corrected chi connectivity index (χ3v) is 3.86. The highest BCUT2D eigenvalue weighted by atomic mass is 16.5. The van der Waals surface area contributed by atoms with Crippen LogP contribution in [-0.2, 0) is 4.74 Å². The molecule has 1 saturated heterocycles. The SMILES string of the molecule is COCCNc1nncc(N2CCN(c3ccccc3)CC2)n1. The normalized spacial score (nSPS) is 14.8. The Hall–Kier alpha value is -2.41.